The van der Waals surface area contributed by atoms with E-state index in [0.29, 0.717) is 5.82 Å². The molecule has 0 spiro atoms. The Kier molecular flexibility index (Phi) is 4.09. The number of hydrogen-bond donors (Lipinski definition) is 0. The zero-order valence-corrected chi connectivity index (χ0v) is 11.1. The fraction of sp³-hybridized carbons (Fsp3) is 0.538. The summed E-state index contributed by atoms with van der Waals surface area (Å²) in [6.07, 6.45) is 4.65. The Morgan fingerprint density at radius 3 is 2.58 bits per heavy atom. The number of rotatable bonds is 3. The second-order valence-electron chi connectivity index (χ2n) is 4.63. The molecule has 0 aliphatic carbocycles. The lowest BCUT2D eigenvalue weighted by Gasteiger charge is -2.31. The lowest BCUT2D eigenvalue weighted by molar-refractivity contribution is -0.121. The largest absolute Gasteiger partial charge is 0.464 e. The van der Waals surface area contributed by atoms with Gasteiger partial charge in [0.1, 0.15) is 11.6 Å². The molecule has 0 N–H and O–H groups in total. The van der Waals surface area contributed by atoms with Crippen LogP contribution in [-0.2, 0) is 9.53 Å². The number of Topliss-reactive ketones (excluding diaryl/α,β-unsaturated/α-hetero) is 1. The molecular weight excluding hydrogens is 246 g/mol. The Balaban J connectivity index is 2.07. The summed E-state index contributed by atoms with van der Waals surface area (Å²) in [6.45, 7) is 3.14. The highest BCUT2D eigenvalue weighted by Gasteiger charge is 2.23. The molecule has 1 aromatic rings. The van der Waals surface area contributed by atoms with E-state index in [4.69, 9.17) is 0 Å². The molecule has 2 heterocycles. The molecule has 0 unspecified atom stereocenters. The quantitative estimate of drug-likeness (QED) is 0.759. The van der Waals surface area contributed by atoms with Crippen LogP contribution in [0.15, 0.2) is 12.4 Å². The average molecular weight is 263 g/mol. The van der Waals surface area contributed by atoms with Gasteiger partial charge in [0.05, 0.1) is 19.5 Å². The van der Waals surface area contributed by atoms with E-state index in [2.05, 4.69) is 14.7 Å². The SMILES string of the molecule is COC(=O)c1cncc(N2CCC(C(C)=O)CC2)n1. The van der Waals surface area contributed by atoms with Gasteiger partial charge >= 0.3 is 5.97 Å². The highest BCUT2D eigenvalue weighted by atomic mass is 16.5. The summed E-state index contributed by atoms with van der Waals surface area (Å²) in [4.78, 5) is 33.0. The summed E-state index contributed by atoms with van der Waals surface area (Å²) in [6, 6.07) is 0. The van der Waals surface area contributed by atoms with E-state index >= 15 is 0 Å². The van der Waals surface area contributed by atoms with Gasteiger partial charge in [-0.3, -0.25) is 9.78 Å². The summed E-state index contributed by atoms with van der Waals surface area (Å²) in [5.41, 5.74) is 0.202. The van der Waals surface area contributed by atoms with Gasteiger partial charge in [-0.1, -0.05) is 0 Å². The van der Waals surface area contributed by atoms with Gasteiger partial charge in [0.25, 0.3) is 0 Å². The van der Waals surface area contributed by atoms with E-state index in [1.54, 1.807) is 13.1 Å². The first-order valence-corrected chi connectivity index (χ1v) is 6.27. The number of ketones is 1. The van der Waals surface area contributed by atoms with Crippen molar-refractivity contribution < 1.29 is 14.3 Å². The van der Waals surface area contributed by atoms with Gasteiger partial charge in [-0.2, -0.15) is 0 Å². The normalized spacial score (nSPS) is 16.2. The average Bonchev–Trinajstić information content (AvgIpc) is 2.46. The van der Waals surface area contributed by atoms with Crippen molar-refractivity contribution in [2.75, 3.05) is 25.1 Å². The summed E-state index contributed by atoms with van der Waals surface area (Å²) in [7, 11) is 1.31. The maximum absolute atomic E-state index is 11.4. The number of piperidine rings is 1. The van der Waals surface area contributed by atoms with Crippen LogP contribution in [0.4, 0.5) is 5.82 Å². The second-order valence-corrected chi connectivity index (χ2v) is 4.63. The molecule has 0 aromatic carbocycles. The van der Waals surface area contributed by atoms with Crippen molar-refractivity contribution in [1.29, 1.82) is 0 Å². The van der Waals surface area contributed by atoms with Crippen molar-refractivity contribution >= 4 is 17.6 Å². The predicted octanol–water partition coefficient (Wildman–Crippen LogP) is 1.07. The minimum atomic E-state index is -0.493. The fourth-order valence-electron chi connectivity index (χ4n) is 2.23. The van der Waals surface area contributed by atoms with Gasteiger partial charge in [-0.15, -0.1) is 0 Å². The third-order valence-corrected chi connectivity index (χ3v) is 3.41. The number of carbonyl (C=O) groups is 2. The first-order valence-electron chi connectivity index (χ1n) is 6.27. The number of anilines is 1. The molecule has 0 bridgehead atoms. The van der Waals surface area contributed by atoms with Gasteiger partial charge < -0.3 is 9.64 Å². The molecule has 0 atom stereocenters. The summed E-state index contributed by atoms with van der Waals surface area (Å²) < 4.78 is 4.62. The number of aromatic nitrogens is 2. The van der Waals surface area contributed by atoms with E-state index in [9.17, 15) is 9.59 Å². The monoisotopic (exact) mass is 263 g/mol. The highest BCUT2D eigenvalue weighted by molar-refractivity contribution is 5.87. The van der Waals surface area contributed by atoms with Gasteiger partial charge in [-0.05, 0) is 19.8 Å². The number of methoxy groups -OCH3 is 1. The standard InChI is InChI=1S/C13H17N3O3/c1-9(17)10-3-5-16(6-4-10)12-8-14-7-11(15-12)13(18)19-2/h7-8,10H,3-6H2,1-2H3. The van der Waals surface area contributed by atoms with Crippen molar-refractivity contribution in [3.63, 3.8) is 0 Å². The topological polar surface area (TPSA) is 72.4 Å². The van der Waals surface area contributed by atoms with Crippen molar-refractivity contribution in [3.05, 3.63) is 18.1 Å². The molecule has 6 nitrogen and oxygen atoms in total. The third kappa shape index (κ3) is 3.07. The van der Waals surface area contributed by atoms with Crippen LogP contribution < -0.4 is 4.90 Å². The Bertz CT molecular complexity index is 482. The van der Waals surface area contributed by atoms with E-state index in [0.717, 1.165) is 25.9 Å². The number of hydrogen-bond acceptors (Lipinski definition) is 6. The molecule has 1 fully saturated rings. The molecule has 19 heavy (non-hydrogen) atoms. The van der Waals surface area contributed by atoms with Gasteiger partial charge in [0.15, 0.2) is 5.69 Å². The smallest absolute Gasteiger partial charge is 0.358 e. The summed E-state index contributed by atoms with van der Waals surface area (Å²) in [5.74, 6) is 0.555. The Hall–Kier alpha value is -1.98. The molecule has 0 radical (unpaired) electrons. The van der Waals surface area contributed by atoms with Crippen molar-refractivity contribution in [2.45, 2.75) is 19.8 Å². The molecule has 102 valence electrons. The third-order valence-electron chi connectivity index (χ3n) is 3.41. The minimum absolute atomic E-state index is 0.146. The maximum atomic E-state index is 11.4. The van der Waals surface area contributed by atoms with Gasteiger partial charge in [-0.25, -0.2) is 9.78 Å². The number of carbonyl (C=O) groups excluding carboxylic acids is 2. The van der Waals surface area contributed by atoms with Crippen LogP contribution in [0.25, 0.3) is 0 Å². The molecule has 1 aliphatic rings. The molecule has 0 amide bonds. The van der Waals surface area contributed by atoms with E-state index in [1.165, 1.54) is 13.3 Å². The summed E-state index contributed by atoms with van der Waals surface area (Å²) >= 11 is 0. The first kappa shape index (κ1) is 13.5. The van der Waals surface area contributed by atoms with Crippen LogP contribution >= 0.6 is 0 Å². The summed E-state index contributed by atoms with van der Waals surface area (Å²) in [5, 5.41) is 0. The molecule has 6 heteroatoms. The van der Waals surface area contributed by atoms with Crippen LogP contribution in [0.2, 0.25) is 0 Å². The van der Waals surface area contributed by atoms with Gasteiger partial charge in [0, 0.05) is 19.0 Å². The van der Waals surface area contributed by atoms with Crippen molar-refractivity contribution in [1.82, 2.24) is 9.97 Å². The van der Waals surface area contributed by atoms with Crippen LogP contribution in [0.1, 0.15) is 30.3 Å². The van der Waals surface area contributed by atoms with Crippen LogP contribution in [-0.4, -0.2) is 41.9 Å². The van der Waals surface area contributed by atoms with Crippen molar-refractivity contribution in [3.8, 4) is 0 Å². The maximum Gasteiger partial charge on any atom is 0.358 e. The molecule has 0 saturated carbocycles. The Labute approximate surface area is 111 Å². The van der Waals surface area contributed by atoms with Gasteiger partial charge in [0.2, 0.25) is 0 Å². The number of esters is 1. The van der Waals surface area contributed by atoms with E-state index in [1.807, 2.05) is 4.90 Å². The second kappa shape index (κ2) is 5.77. The zero-order chi connectivity index (χ0) is 13.8. The van der Waals surface area contributed by atoms with Crippen molar-refractivity contribution in [2.24, 2.45) is 5.92 Å². The first-order chi connectivity index (χ1) is 9.11. The van der Waals surface area contributed by atoms with Crippen LogP contribution in [0, 0.1) is 5.92 Å². The molecule has 1 saturated heterocycles. The molecule has 2 rings (SSSR count). The number of nitrogens with zero attached hydrogens (tertiary/aromatic N) is 3. The predicted molar refractivity (Wildman–Crippen MR) is 69.0 cm³/mol. The zero-order valence-electron chi connectivity index (χ0n) is 11.1. The lowest BCUT2D eigenvalue weighted by atomic mass is 9.93. The molecule has 1 aromatic heterocycles. The lowest BCUT2D eigenvalue weighted by Crippen LogP contribution is -2.36. The Morgan fingerprint density at radius 1 is 1.32 bits per heavy atom. The highest BCUT2D eigenvalue weighted by Crippen LogP contribution is 2.22. The molecule has 1 aliphatic heterocycles. The number of ether oxygens (including phenoxy) is 1. The molecular formula is C13H17N3O3. The minimum Gasteiger partial charge on any atom is -0.464 e. The fourth-order valence-corrected chi connectivity index (χ4v) is 2.23. The van der Waals surface area contributed by atoms with E-state index in [-0.39, 0.29) is 17.4 Å². The van der Waals surface area contributed by atoms with E-state index < -0.39 is 5.97 Å². The Morgan fingerprint density at radius 2 is 2.00 bits per heavy atom. The van der Waals surface area contributed by atoms with Crippen LogP contribution in [0.5, 0.6) is 0 Å². The van der Waals surface area contributed by atoms with Crippen LogP contribution in [0.3, 0.4) is 0 Å².